The number of nitrogens with zero attached hydrogens (tertiary/aromatic N) is 1. The summed E-state index contributed by atoms with van der Waals surface area (Å²) in [7, 11) is 0. The molecule has 1 saturated carbocycles. The monoisotopic (exact) mass is 273 g/mol. The molecule has 0 aromatic carbocycles. The van der Waals surface area contributed by atoms with Crippen molar-refractivity contribution in [2.24, 2.45) is 11.3 Å². The van der Waals surface area contributed by atoms with E-state index in [2.05, 4.69) is 31.0 Å². The van der Waals surface area contributed by atoms with E-state index in [4.69, 9.17) is 0 Å². The Morgan fingerprint density at radius 1 is 1.40 bits per heavy atom. The molecule has 0 aliphatic heterocycles. The van der Waals surface area contributed by atoms with E-state index in [0.717, 1.165) is 25.7 Å². The van der Waals surface area contributed by atoms with E-state index in [9.17, 15) is 5.11 Å². The summed E-state index contributed by atoms with van der Waals surface area (Å²) in [5.74, 6) is 0.282. The van der Waals surface area contributed by atoms with Crippen LogP contribution in [-0.2, 0) is 6.42 Å². The molecule has 20 heavy (non-hydrogen) atoms. The SMILES string of the molecule is CC=CC[C@]1(O)CCCC(C)(C)[C@H]1Cc1cccnc1. The standard InChI is InChI=1S/C18H27NO/c1-4-5-10-18(20)11-7-9-17(2,3)16(18)13-15-8-6-12-19-14-15/h4-6,8,12,14,16,20H,7,9-11,13H2,1-3H3/t16-,18+/m1/s1. The molecule has 2 rings (SSSR count). The number of hydrogen-bond acceptors (Lipinski definition) is 2. The van der Waals surface area contributed by atoms with Crippen molar-refractivity contribution in [2.45, 2.75) is 58.5 Å². The van der Waals surface area contributed by atoms with Crippen LogP contribution in [0.2, 0.25) is 0 Å². The fourth-order valence-electron chi connectivity index (χ4n) is 3.71. The number of allylic oxidation sites excluding steroid dienone is 1. The van der Waals surface area contributed by atoms with Crippen LogP contribution >= 0.6 is 0 Å². The van der Waals surface area contributed by atoms with E-state index in [1.807, 2.05) is 31.5 Å². The fourth-order valence-corrected chi connectivity index (χ4v) is 3.71. The third-order valence-electron chi connectivity index (χ3n) is 4.89. The van der Waals surface area contributed by atoms with Crippen LogP contribution in [0.3, 0.4) is 0 Å². The van der Waals surface area contributed by atoms with E-state index in [0.29, 0.717) is 0 Å². The molecule has 0 radical (unpaired) electrons. The Kier molecular flexibility index (Phi) is 4.64. The third-order valence-corrected chi connectivity index (χ3v) is 4.89. The molecule has 1 heterocycles. The quantitative estimate of drug-likeness (QED) is 0.836. The highest BCUT2D eigenvalue weighted by Gasteiger charge is 2.47. The predicted octanol–water partition coefficient (Wildman–Crippen LogP) is 4.15. The van der Waals surface area contributed by atoms with Gasteiger partial charge in [-0.15, -0.1) is 0 Å². The average Bonchev–Trinajstić information content (AvgIpc) is 2.42. The van der Waals surface area contributed by atoms with Crippen LogP contribution in [0.5, 0.6) is 0 Å². The summed E-state index contributed by atoms with van der Waals surface area (Å²) >= 11 is 0. The summed E-state index contributed by atoms with van der Waals surface area (Å²) in [5, 5.41) is 11.2. The maximum absolute atomic E-state index is 11.2. The van der Waals surface area contributed by atoms with Crippen molar-refractivity contribution < 1.29 is 5.11 Å². The van der Waals surface area contributed by atoms with Crippen molar-refractivity contribution in [1.82, 2.24) is 4.98 Å². The van der Waals surface area contributed by atoms with Gasteiger partial charge in [-0.05, 0) is 55.6 Å². The van der Waals surface area contributed by atoms with Crippen molar-refractivity contribution in [2.75, 3.05) is 0 Å². The van der Waals surface area contributed by atoms with Gasteiger partial charge in [-0.2, -0.15) is 0 Å². The molecule has 1 N–H and O–H groups in total. The minimum absolute atomic E-state index is 0.171. The van der Waals surface area contributed by atoms with Gasteiger partial charge in [-0.25, -0.2) is 0 Å². The molecule has 0 bridgehead atoms. The van der Waals surface area contributed by atoms with E-state index in [-0.39, 0.29) is 11.3 Å². The molecule has 2 heteroatoms. The first-order valence-electron chi connectivity index (χ1n) is 7.70. The lowest BCUT2D eigenvalue weighted by Gasteiger charge is -2.49. The smallest absolute Gasteiger partial charge is 0.0718 e. The third kappa shape index (κ3) is 3.29. The lowest BCUT2D eigenvalue weighted by atomic mass is 9.58. The van der Waals surface area contributed by atoms with Gasteiger partial charge in [0.25, 0.3) is 0 Å². The lowest BCUT2D eigenvalue weighted by molar-refractivity contribution is -0.0995. The second-order valence-corrected chi connectivity index (χ2v) is 6.84. The van der Waals surface area contributed by atoms with Crippen LogP contribution in [0.25, 0.3) is 0 Å². The first-order valence-corrected chi connectivity index (χ1v) is 7.70. The topological polar surface area (TPSA) is 33.1 Å². The summed E-state index contributed by atoms with van der Waals surface area (Å²) in [6, 6.07) is 4.10. The molecular formula is C18H27NO. The summed E-state index contributed by atoms with van der Waals surface area (Å²) in [6.45, 7) is 6.62. The van der Waals surface area contributed by atoms with Crippen LogP contribution in [0.4, 0.5) is 0 Å². The molecule has 2 nitrogen and oxygen atoms in total. The van der Waals surface area contributed by atoms with Gasteiger partial charge in [0.15, 0.2) is 0 Å². The normalized spacial score (nSPS) is 29.7. The van der Waals surface area contributed by atoms with Crippen LogP contribution in [0.1, 0.15) is 52.0 Å². The van der Waals surface area contributed by atoms with Gasteiger partial charge >= 0.3 is 0 Å². The number of aliphatic hydroxyl groups is 1. The zero-order valence-corrected chi connectivity index (χ0v) is 13.0. The Morgan fingerprint density at radius 3 is 2.85 bits per heavy atom. The Labute approximate surface area is 122 Å². The molecule has 1 fully saturated rings. The van der Waals surface area contributed by atoms with Gasteiger partial charge in [0, 0.05) is 12.4 Å². The summed E-state index contributed by atoms with van der Waals surface area (Å²) in [6.07, 6.45) is 12.8. The zero-order chi connectivity index (χ0) is 14.6. The van der Waals surface area contributed by atoms with E-state index >= 15 is 0 Å². The van der Waals surface area contributed by atoms with E-state index < -0.39 is 5.60 Å². The van der Waals surface area contributed by atoms with Crippen molar-refractivity contribution in [3.63, 3.8) is 0 Å². The lowest BCUT2D eigenvalue weighted by Crippen LogP contribution is -2.49. The first kappa shape index (κ1) is 15.2. The van der Waals surface area contributed by atoms with Crippen molar-refractivity contribution in [3.05, 3.63) is 42.2 Å². The second-order valence-electron chi connectivity index (χ2n) is 6.84. The molecular weight excluding hydrogens is 246 g/mol. The van der Waals surface area contributed by atoms with E-state index in [1.165, 1.54) is 12.0 Å². The Morgan fingerprint density at radius 2 is 2.20 bits per heavy atom. The first-order chi connectivity index (χ1) is 9.48. The maximum Gasteiger partial charge on any atom is 0.0718 e. The molecule has 0 spiro atoms. The Balaban J connectivity index is 2.25. The summed E-state index contributed by atoms with van der Waals surface area (Å²) < 4.78 is 0. The minimum atomic E-state index is -0.579. The number of hydrogen-bond donors (Lipinski definition) is 1. The molecule has 1 aliphatic rings. The maximum atomic E-state index is 11.2. The van der Waals surface area contributed by atoms with E-state index in [1.54, 1.807) is 0 Å². The highest BCUT2D eigenvalue weighted by Crippen LogP contribution is 2.49. The largest absolute Gasteiger partial charge is 0.389 e. The number of aromatic nitrogens is 1. The summed E-state index contributed by atoms with van der Waals surface area (Å²) in [5.41, 5.74) is 0.820. The molecule has 0 saturated heterocycles. The van der Waals surface area contributed by atoms with Gasteiger partial charge in [0.05, 0.1) is 5.60 Å². The van der Waals surface area contributed by atoms with Crippen molar-refractivity contribution in [3.8, 4) is 0 Å². The highest BCUT2D eigenvalue weighted by molar-refractivity contribution is 5.14. The average molecular weight is 273 g/mol. The second kappa shape index (κ2) is 6.09. The van der Waals surface area contributed by atoms with Gasteiger partial charge in [-0.3, -0.25) is 4.98 Å². The van der Waals surface area contributed by atoms with Crippen molar-refractivity contribution >= 4 is 0 Å². The zero-order valence-electron chi connectivity index (χ0n) is 13.0. The van der Waals surface area contributed by atoms with Crippen molar-refractivity contribution in [1.29, 1.82) is 0 Å². The number of pyridine rings is 1. The molecule has 2 atom stereocenters. The number of rotatable bonds is 4. The molecule has 0 unspecified atom stereocenters. The fraction of sp³-hybridized carbons (Fsp3) is 0.611. The van der Waals surface area contributed by atoms with Gasteiger partial charge in [0.1, 0.15) is 0 Å². The van der Waals surface area contributed by atoms with Crippen LogP contribution in [0.15, 0.2) is 36.7 Å². The van der Waals surface area contributed by atoms with Crippen LogP contribution < -0.4 is 0 Å². The van der Waals surface area contributed by atoms with Gasteiger partial charge in [0.2, 0.25) is 0 Å². The van der Waals surface area contributed by atoms with Crippen LogP contribution in [0, 0.1) is 11.3 Å². The highest BCUT2D eigenvalue weighted by atomic mass is 16.3. The minimum Gasteiger partial charge on any atom is -0.389 e. The molecule has 1 aliphatic carbocycles. The Hall–Kier alpha value is -1.15. The molecule has 1 aromatic heterocycles. The van der Waals surface area contributed by atoms with Gasteiger partial charge < -0.3 is 5.11 Å². The molecule has 0 amide bonds. The molecule has 1 aromatic rings. The van der Waals surface area contributed by atoms with Gasteiger partial charge in [-0.1, -0.05) is 38.5 Å². The summed E-state index contributed by atoms with van der Waals surface area (Å²) in [4.78, 5) is 4.21. The molecule has 110 valence electrons. The predicted molar refractivity (Wildman–Crippen MR) is 83.4 cm³/mol. The Bertz CT molecular complexity index is 452. The van der Waals surface area contributed by atoms with Crippen LogP contribution in [-0.4, -0.2) is 15.7 Å².